The summed E-state index contributed by atoms with van der Waals surface area (Å²) in [6.45, 7) is 4.28. The Kier molecular flexibility index (Phi) is 5.02. The molecule has 0 saturated carbocycles. The molecule has 2 rings (SSSR count). The van der Waals surface area contributed by atoms with E-state index in [2.05, 4.69) is 51.9 Å². The number of nitrogens with one attached hydrogen (secondary N) is 1. The summed E-state index contributed by atoms with van der Waals surface area (Å²) in [5, 5.41) is 17.8. The van der Waals surface area contributed by atoms with Crippen molar-refractivity contribution >= 4 is 27.3 Å². The Bertz CT molecular complexity index is 527. The van der Waals surface area contributed by atoms with Gasteiger partial charge in [0.05, 0.1) is 0 Å². The summed E-state index contributed by atoms with van der Waals surface area (Å²) in [5.74, 6) is 0.347. The van der Waals surface area contributed by atoms with Crippen LogP contribution in [0.15, 0.2) is 39.5 Å². The number of halogens is 1. The Balaban J connectivity index is 2.18. The average molecular weight is 340 g/mol. The first-order valence-corrected chi connectivity index (χ1v) is 8.12. The third-order valence-corrected chi connectivity index (χ3v) is 4.46. The Morgan fingerprint density at radius 3 is 2.79 bits per heavy atom. The van der Waals surface area contributed by atoms with Gasteiger partial charge in [-0.15, -0.1) is 0 Å². The van der Waals surface area contributed by atoms with E-state index in [1.54, 1.807) is 17.4 Å². The fourth-order valence-electron chi connectivity index (χ4n) is 2.15. The summed E-state index contributed by atoms with van der Waals surface area (Å²) in [6, 6.07) is 8.13. The maximum atomic E-state index is 10.0. The quantitative estimate of drug-likeness (QED) is 0.801. The molecule has 2 nitrogen and oxygen atoms in total. The Morgan fingerprint density at radius 1 is 1.37 bits per heavy atom. The molecule has 102 valence electrons. The number of hydrogen-bond acceptors (Lipinski definition) is 3. The van der Waals surface area contributed by atoms with Gasteiger partial charge in [0.15, 0.2) is 0 Å². The summed E-state index contributed by atoms with van der Waals surface area (Å²) in [6.07, 6.45) is 0.929. The molecule has 0 amide bonds. The van der Waals surface area contributed by atoms with Crippen molar-refractivity contribution in [2.45, 2.75) is 32.4 Å². The van der Waals surface area contributed by atoms with Crippen molar-refractivity contribution < 1.29 is 5.11 Å². The fraction of sp³-hybridized carbons (Fsp3) is 0.333. The van der Waals surface area contributed by atoms with E-state index in [-0.39, 0.29) is 12.1 Å². The number of benzene rings is 1. The lowest BCUT2D eigenvalue weighted by Gasteiger charge is -2.23. The number of thiophene rings is 1. The van der Waals surface area contributed by atoms with Gasteiger partial charge in [0, 0.05) is 22.1 Å². The topological polar surface area (TPSA) is 32.3 Å². The smallest absolute Gasteiger partial charge is 0.120 e. The van der Waals surface area contributed by atoms with E-state index in [9.17, 15) is 5.11 Å². The van der Waals surface area contributed by atoms with Gasteiger partial charge in [-0.25, -0.2) is 0 Å². The predicted octanol–water partition coefficient (Wildman–Crippen LogP) is 5.02. The normalized spacial score (nSPS) is 14.3. The van der Waals surface area contributed by atoms with E-state index >= 15 is 0 Å². The van der Waals surface area contributed by atoms with Crippen LogP contribution >= 0.6 is 27.3 Å². The molecule has 0 bridgehead atoms. The fourth-order valence-corrected chi connectivity index (χ4v) is 3.28. The lowest BCUT2D eigenvalue weighted by molar-refractivity contribution is 0.419. The lowest BCUT2D eigenvalue weighted by Crippen LogP contribution is -2.24. The molecule has 2 aromatic rings. The molecule has 0 aliphatic rings. The Labute approximate surface area is 126 Å². The van der Waals surface area contributed by atoms with E-state index in [4.69, 9.17) is 0 Å². The van der Waals surface area contributed by atoms with Gasteiger partial charge >= 0.3 is 0 Å². The van der Waals surface area contributed by atoms with Crippen LogP contribution in [0.3, 0.4) is 0 Å². The monoisotopic (exact) mass is 339 g/mol. The lowest BCUT2D eigenvalue weighted by atomic mass is 10.0. The van der Waals surface area contributed by atoms with Crippen LogP contribution in [0.4, 0.5) is 0 Å². The molecule has 19 heavy (non-hydrogen) atoms. The van der Waals surface area contributed by atoms with Crippen molar-refractivity contribution in [1.29, 1.82) is 0 Å². The molecule has 4 heteroatoms. The van der Waals surface area contributed by atoms with Crippen molar-refractivity contribution in [2.75, 3.05) is 0 Å². The first kappa shape index (κ1) is 14.6. The highest BCUT2D eigenvalue weighted by Crippen LogP contribution is 2.31. The highest BCUT2D eigenvalue weighted by Gasteiger charge is 2.17. The summed E-state index contributed by atoms with van der Waals surface area (Å²) >= 11 is 5.17. The third-order valence-electron chi connectivity index (χ3n) is 3.27. The molecule has 0 saturated heterocycles. The first-order valence-electron chi connectivity index (χ1n) is 6.38. The van der Waals surface area contributed by atoms with Crippen LogP contribution < -0.4 is 5.32 Å². The molecule has 1 heterocycles. The van der Waals surface area contributed by atoms with Crippen LogP contribution in [0.5, 0.6) is 5.75 Å². The number of hydrogen-bond donors (Lipinski definition) is 2. The number of phenolic OH excluding ortho intramolecular Hbond substituents is 1. The molecule has 1 aromatic heterocycles. The van der Waals surface area contributed by atoms with Gasteiger partial charge in [0.1, 0.15) is 5.75 Å². The van der Waals surface area contributed by atoms with Crippen LogP contribution in [-0.2, 0) is 0 Å². The maximum Gasteiger partial charge on any atom is 0.120 e. The van der Waals surface area contributed by atoms with E-state index in [1.165, 1.54) is 5.56 Å². The standard InChI is InChI=1S/C15H18BrNOS/c1-3-14(13-8-12(16)4-5-15(13)18)17-10(2)11-6-7-19-9-11/h4-10,14,17-18H,3H2,1-2H3. The van der Waals surface area contributed by atoms with E-state index in [1.807, 2.05) is 12.1 Å². The third kappa shape index (κ3) is 3.59. The molecule has 0 radical (unpaired) electrons. The van der Waals surface area contributed by atoms with Crippen LogP contribution in [0.2, 0.25) is 0 Å². The van der Waals surface area contributed by atoms with Crippen LogP contribution in [0.1, 0.15) is 43.5 Å². The zero-order valence-corrected chi connectivity index (χ0v) is 13.5. The highest BCUT2D eigenvalue weighted by molar-refractivity contribution is 9.10. The molecular weight excluding hydrogens is 322 g/mol. The zero-order chi connectivity index (χ0) is 13.8. The van der Waals surface area contributed by atoms with Crippen LogP contribution in [0, 0.1) is 0 Å². The van der Waals surface area contributed by atoms with Crippen LogP contribution in [0.25, 0.3) is 0 Å². The molecule has 2 unspecified atom stereocenters. The van der Waals surface area contributed by atoms with Gasteiger partial charge in [-0.2, -0.15) is 11.3 Å². The van der Waals surface area contributed by atoms with Gasteiger partial charge in [-0.1, -0.05) is 22.9 Å². The maximum absolute atomic E-state index is 10.0. The number of aromatic hydroxyl groups is 1. The summed E-state index contributed by atoms with van der Waals surface area (Å²) in [7, 11) is 0. The molecule has 2 N–H and O–H groups in total. The van der Waals surface area contributed by atoms with Gasteiger partial charge in [-0.3, -0.25) is 0 Å². The molecule has 0 spiro atoms. The molecule has 1 aromatic carbocycles. The molecule has 0 fully saturated rings. The van der Waals surface area contributed by atoms with Crippen molar-refractivity contribution in [3.8, 4) is 5.75 Å². The van der Waals surface area contributed by atoms with E-state index in [0.29, 0.717) is 5.75 Å². The second kappa shape index (κ2) is 6.55. The molecular formula is C15H18BrNOS. The highest BCUT2D eigenvalue weighted by atomic mass is 79.9. The van der Waals surface area contributed by atoms with Crippen molar-refractivity contribution in [2.24, 2.45) is 0 Å². The van der Waals surface area contributed by atoms with Crippen LogP contribution in [-0.4, -0.2) is 5.11 Å². The van der Waals surface area contributed by atoms with E-state index in [0.717, 1.165) is 16.5 Å². The van der Waals surface area contributed by atoms with E-state index < -0.39 is 0 Å². The Hall–Kier alpha value is -0.840. The van der Waals surface area contributed by atoms with Crippen molar-refractivity contribution in [3.05, 3.63) is 50.6 Å². The van der Waals surface area contributed by atoms with Gasteiger partial charge in [0.25, 0.3) is 0 Å². The molecule has 2 atom stereocenters. The molecule has 0 aliphatic heterocycles. The average Bonchev–Trinajstić information content (AvgIpc) is 2.93. The minimum Gasteiger partial charge on any atom is -0.508 e. The number of rotatable bonds is 5. The van der Waals surface area contributed by atoms with Gasteiger partial charge in [-0.05, 0) is 53.9 Å². The summed E-state index contributed by atoms with van der Waals surface area (Å²) < 4.78 is 0.990. The summed E-state index contributed by atoms with van der Waals surface area (Å²) in [4.78, 5) is 0. The largest absolute Gasteiger partial charge is 0.508 e. The van der Waals surface area contributed by atoms with Gasteiger partial charge in [0.2, 0.25) is 0 Å². The Morgan fingerprint density at radius 2 is 2.16 bits per heavy atom. The zero-order valence-electron chi connectivity index (χ0n) is 11.1. The second-order valence-corrected chi connectivity index (χ2v) is 6.30. The van der Waals surface area contributed by atoms with Crippen molar-refractivity contribution in [3.63, 3.8) is 0 Å². The second-order valence-electron chi connectivity index (χ2n) is 4.61. The summed E-state index contributed by atoms with van der Waals surface area (Å²) in [5.41, 5.74) is 2.23. The number of phenols is 1. The van der Waals surface area contributed by atoms with Gasteiger partial charge < -0.3 is 10.4 Å². The SMILES string of the molecule is CCC(NC(C)c1ccsc1)c1cc(Br)ccc1O. The predicted molar refractivity (Wildman–Crippen MR) is 84.7 cm³/mol. The minimum atomic E-state index is 0.146. The first-order chi connectivity index (χ1) is 9.11. The minimum absolute atomic E-state index is 0.146. The van der Waals surface area contributed by atoms with Crippen molar-refractivity contribution in [1.82, 2.24) is 5.32 Å². The molecule has 0 aliphatic carbocycles.